The molecule has 0 amide bonds. The molecule has 1 aromatic carbocycles. The van der Waals surface area contributed by atoms with Gasteiger partial charge in [-0.2, -0.15) is 0 Å². The average molecular weight is 335 g/mol. The molecule has 1 fully saturated rings. The number of morpholine rings is 1. The largest absolute Gasteiger partial charge is 0.377 e. The first-order valence-corrected chi connectivity index (χ1v) is 6.93. The fraction of sp³-hybridized carbons (Fsp3) is 0.500. The van der Waals surface area contributed by atoms with Crippen molar-refractivity contribution >= 4 is 28.3 Å². The minimum Gasteiger partial charge on any atom is -0.377 e. The van der Waals surface area contributed by atoms with Gasteiger partial charge in [0.05, 0.1) is 13.2 Å². The predicted molar refractivity (Wildman–Crippen MR) is 71.8 cm³/mol. The topological polar surface area (TPSA) is 12.5 Å². The third-order valence-corrected chi connectivity index (χ3v) is 3.69. The zero-order chi connectivity index (χ0) is 11.5. The van der Waals surface area contributed by atoms with Gasteiger partial charge in [-0.3, -0.25) is 0 Å². The fourth-order valence-electron chi connectivity index (χ4n) is 2.00. The highest BCUT2D eigenvalue weighted by Gasteiger charge is 2.21. The zero-order valence-corrected chi connectivity index (χ0v) is 11.4. The monoisotopic (exact) mass is 335 g/mol. The van der Waals surface area contributed by atoms with E-state index in [9.17, 15) is 4.39 Å². The molecule has 1 saturated heterocycles. The standard InChI is InChI=1S/C12H15FINO/c1-9-8-16-5-4-15(9)12-6-11(13)3-2-10(12)7-14/h2-3,6,9H,4-5,7-8H2,1H3. The summed E-state index contributed by atoms with van der Waals surface area (Å²) in [7, 11) is 0. The van der Waals surface area contributed by atoms with Crippen LogP contribution in [0.5, 0.6) is 0 Å². The van der Waals surface area contributed by atoms with E-state index >= 15 is 0 Å². The SMILES string of the molecule is CC1COCCN1c1cc(F)ccc1CI. The van der Waals surface area contributed by atoms with E-state index in [1.54, 1.807) is 6.07 Å². The Hall–Kier alpha value is -0.360. The van der Waals surface area contributed by atoms with Crippen molar-refractivity contribution in [1.29, 1.82) is 0 Å². The van der Waals surface area contributed by atoms with Gasteiger partial charge in [0.25, 0.3) is 0 Å². The molecule has 2 rings (SSSR count). The van der Waals surface area contributed by atoms with E-state index in [-0.39, 0.29) is 5.82 Å². The van der Waals surface area contributed by atoms with Gasteiger partial charge < -0.3 is 9.64 Å². The Kier molecular flexibility index (Phi) is 4.02. The second kappa shape index (κ2) is 5.31. The Bertz CT molecular complexity index is 372. The summed E-state index contributed by atoms with van der Waals surface area (Å²) >= 11 is 2.31. The minimum atomic E-state index is -0.165. The Labute approximate surface area is 109 Å². The number of hydrogen-bond donors (Lipinski definition) is 0. The summed E-state index contributed by atoms with van der Waals surface area (Å²) in [4.78, 5) is 2.24. The van der Waals surface area contributed by atoms with E-state index in [0.717, 1.165) is 29.9 Å². The Morgan fingerprint density at radius 2 is 2.38 bits per heavy atom. The van der Waals surface area contributed by atoms with Crippen LogP contribution >= 0.6 is 22.6 Å². The first kappa shape index (κ1) is 12.1. The molecule has 1 aromatic rings. The number of benzene rings is 1. The van der Waals surface area contributed by atoms with Gasteiger partial charge in [-0.25, -0.2) is 4.39 Å². The third kappa shape index (κ3) is 2.48. The van der Waals surface area contributed by atoms with E-state index in [4.69, 9.17) is 4.74 Å². The van der Waals surface area contributed by atoms with Crippen molar-refractivity contribution in [2.75, 3.05) is 24.7 Å². The maximum Gasteiger partial charge on any atom is 0.125 e. The highest BCUT2D eigenvalue weighted by molar-refractivity contribution is 14.1. The summed E-state index contributed by atoms with van der Waals surface area (Å²) in [5, 5.41) is 0. The molecule has 0 aromatic heterocycles. The van der Waals surface area contributed by atoms with Gasteiger partial charge >= 0.3 is 0 Å². The molecule has 2 nitrogen and oxygen atoms in total. The molecule has 0 spiro atoms. The van der Waals surface area contributed by atoms with Gasteiger partial charge in [0, 0.05) is 22.7 Å². The summed E-state index contributed by atoms with van der Waals surface area (Å²) in [6.45, 7) is 4.40. The van der Waals surface area contributed by atoms with Crippen molar-refractivity contribution < 1.29 is 9.13 Å². The molecule has 88 valence electrons. The molecule has 1 aliphatic rings. The van der Waals surface area contributed by atoms with Crippen molar-refractivity contribution in [3.8, 4) is 0 Å². The summed E-state index contributed by atoms with van der Waals surface area (Å²) in [6.07, 6.45) is 0. The second-order valence-corrected chi connectivity index (χ2v) is 4.79. The molecule has 4 heteroatoms. The zero-order valence-electron chi connectivity index (χ0n) is 9.25. The minimum absolute atomic E-state index is 0.165. The quantitative estimate of drug-likeness (QED) is 0.609. The Morgan fingerprint density at radius 1 is 1.56 bits per heavy atom. The van der Waals surface area contributed by atoms with Crippen LogP contribution in [-0.2, 0) is 9.16 Å². The van der Waals surface area contributed by atoms with Crippen molar-refractivity contribution in [3.63, 3.8) is 0 Å². The first-order valence-electron chi connectivity index (χ1n) is 5.41. The molecule has 16 heavy (non-hydrogen) atoms. The summed E-state index contributed by atoms with van der Waals surface area (Å²) in [5.41, 5.74) is 2.21. The molecule has 1 atom stereocenters. The van der Waals surface area contributed by atoms with E-state index < -0.39 is 0 Å². The molecule has 0 radical (unpaired) electrons. The molecule has 0 saturated carbocycles. The number of ether oxygens (including phenoxy) is 1. The van der Waals surface area contributed by atoms with Gasteiger partial charge in [0.15, 0.2) is 0 Å². The number of alkyl halides is 1. The highest BCUT2D eigenvalue weighted by Crippen LogP contribution is 2.27. The van der Waals surface area contributed by atoms with Crippen LogP contribution in [0.25, 0.3) is 0 Å². The van der Waals surface area contributed by atoms with Crippen LogP contribution in [0.15, 0.2) is 18.2 Å². The predicted octanol–water partition coefficient (Wildman–Crippen LogP) is 2.99. The molecular weight excluding hydrogens is 320 g/mol. The molecule has 1 unspecified atom stereocenters. The first-order chi connectivity index (χ1) is 7.72. The van der Waals surface area contributed by atoms with Crippen molar-refractivity contribution in [3.05, 3.63) is 29.6 Å². The molecular formula is C12H15FINO. The smallest absolute Gasteiger partial charge is 0.125 e. The number of anilines is 1. The van der Waals surface area contributed by atoms with Crippen LogP contribution in [-0.4, -0.2) is 25.8 Å². The lowest BCUT2D eigenvalue weighted by Crippen LogP contribution is -2.44. The Morgan fingerprint density at radius 3 is 3.06 bits per heavy atom. The maximum absolute atomic E-state index is 13.3. The fourth-order valence-corrected chi connectivity index (χ4v) is 2.65. The van der Waals surface area contributed by atoms with E-state index in [2.05, 4.69) is 34.4 Å². The molecule has 0 aliphatic carbocycles. The number of halogens is 2. The van der Waals surface area contributed by atoms with Crippen molar-refractivity contribution in [1.82, 2.24) is 0 Å². The van der Waals surface area contributed by atoms with Crippen LogP contribution in [0, 0.1) is 5.82 Å². The van der Waals surface area contributed by atoms with Crippen LogP contribution in [0.1, 0.15) is 12.5 Å². The van der Waals surface area contributed by atoms with Crippen LogP contribution in [0.3, 0.4) is 0 Å². The van der Waals surface area contributed by atoms with E-state index in [1.165, 1.54) is 11.6 Å². The van der Waals surface area contributed by atoms with Crippen molar-refractivity contribution in [2.45, 2.75) is 17.4 Å². The second-order valence-electron chi connectivity index (χ2n) is 4.02. The van der Waals surface area contributed by atoms with Gasteiger partial charge in [-0.05, 0) is 24.6 Å². The maximum atomic E-state index is 13.3. The summed E-state index contributed by atoms with van der Waals surface area (Å²) in [5.74, 6) is -0.165. The molecule has 1 aliphatic heterocycles. The number of nitrogens with zero attached hydrogens (tertiary/aromatic N) is 1. The normalized spacial score (nSPS) is 21.2. The molecule has 0 bridgehead atoms. The van der Waals surface area contributed by atoms with Crippen LogP contribution in [0.2, 0.25) is 0 Å². The number of hydrogen-bond acceptors (Lipinski definition) is 2. The van der Waals surface area contributed by atoms with Gasteiger partial charge in [-0.1, -0.05) is 28.7 Å². The van der Waals surface area contributed by atoms with Gasteiger partial charge in [-0.15, -0.1) is 0 Å². The van der Waals surface area contributed by atoms with Gasteiger partial charge in [0.1, 0.15) is 5.82 Å². The lowest BCUT2D eigenvalue weighted by molar-refractivity contribution is 0.0988. The van der Waals surface area contributed by atoms with Crippen molar-refractivity contribution in [2.24, 2.45) is 0 Å². The highest BCUT2D eigenvalue weighted by atomic mass is 127. The summed E-state index contributed by atoms with van der Waals surface area (Å²) in [6, 6.07) is 5.36. The molecule has 0 N–H and O–H groups in total. The average Bonchev–Trinajstić information content (AvgIpc) is 2.29. The van der Waals surface area contributed by atoms with Gasteiger partial charge in [0.2, 0.25) is 0 Å². The van der Waals surface area contributed by atoms with E-state index in [1.807, 2.05) is 6.07 Å². The molecule has 1 heterocycles. The Balaban J connectivity index is 2.33. The van der Waals surface area contributed by atoms with Crippen LogP contribution in [0.4, 0.5) is 10.1 Å². The van der Waals surface area contributed by atoms with Crippen LogP contribution < -0.4 is 4.90 Å². The van der Waals surface area contributed by atoms with E-state index in [0.29, 0.717) is 6.04 Å². The lowest BCUT2D eigenvalue weighted by atomic mass is 10.1. The lowest BCUT2D eigenvalue weighted by Gasteiger charge is -2.36. The number of rotatable bonds is 2. The third-order valence-electron chi connectivity index (χ3n) is 2.87. The summed E-state index contributed by atoms with van der Waals surface area (Å²) < 4.78 is 19.6.